The second kappa shape index (κ2) is 7.29. The first-order chi connectivity index (χ1) is 11.1. The number of nitrogens with one attached hydrogen (secondary N) is 1. The number of hydrogen-bond acceptors (Lipinski definition) is 4. The van der Waals surface area contributed by atoms with Gasteiger partial charge in [0.25, 0.3) is 0 Å². The number of aromatic nitrogens is 1. The summed E-state index contributed by atoms with van der Waals surface area (Å²) in [7, 11) is 0. The summed E-state index contributed by atoms with van der Waals surface area (Å²) in [5, 5.41) is 8.50. The Morgan fingerprint density at radius 2 is 2.04 bits per heavy atom. The second-order valence-corrected chi connectivity index (χ2v) is 7.21. The molecule has 0 fully saturated rings. The molecule has 0 bridgehead atoms. The lowest BCUT2D eigenvalue weighted by molar-refractivity contribution is 0.500. The number of hydrogen-bond donors (Lipinski definition) is 1. The van der Waals surface area contributed by atoms with Crippen LogP contribution in [-0.4, -0.2) is 4.98 Å². The third-order valence-corrected chi connectivity index (χ3v) is 5.43. The molecule has 2 nitrogen and oxygen atoms in total. The van der Waals surface area contributed by atoms with E-state index in [-0.39, 0.29) is 6.04 Å². The van der Waals surface area contributed by atoms with E-state index in [0.717, 1.165) is 23.2 Å². The van der Waals surface area contributed by atoms with Gasteiger partial charge in [0.1, 0.15) is 5.01 Å². The maximum absolute atomic E-state index is 13.3. The number of thiazole rings is 1. The van der Waals surface area contributed by atoms with Crippen molar-refractivity contribution >= 4 is 22.7 Å². The summed E-state index contributed by atoms with van der Waals surface area (Å²) in [4.78, 5) is 5.83. The van der Waals surface area contributed by atoms with Gasteiger partial charge in [-0.15, -0.1) is 22.7 Å². The minimum absolute atomic E-state index is 0.0560. The van der Waals surface area contributed by atoms with E-state index in [1.807, 2.05) is 18.4 Å². The molecule has 1 atom stereocenters. The molecule has 3 aromatic rings. The summed E-state index contributed by atoms with van der Waals surface area (Å²) in [6, 6.07) is 8.17. The zero-order valence-corrected chi connectivity index (χ0v) is 14.2. The Kier molecular flexibility index (Phi) is 5.15. The molecular formula is C17H16F2N2S2. The summed E-state index contributed by atoms with van der Waals surface area (Å²) < 4.78 is 26.3. The van der Waals surface area contributed by atoms with E-state index < -0.39 is 11.6 Å². The Morgan fingerprint density at radius 1 is 1.17 bits per heavy atom. The molecule has 6 heteroatoms. The first kappa shape index (κ1) is 16.2. The molecule has 120 valence electrons. The SMILES string of the molecule is Cc1csc(C(Cc2cccs2)NCc2ccc(F)c(F)c2)n1. The molecule has 3 rings (SSSR count). The molecule has 0 aliphatic heterocycles. The first-order valence-corrected chi connectivity index (χ1v) is 8.99. The van der Waals surface area contributed by atoms with Gasteiger partial charge in [0, 0.05) is 28.9 Å². The minimum Gasteiger partial charge on any atom is -0.304 e. The molecule has 0 aliphatic rings. The molecule has 1 N–H and O–H groups in total. The van der Waals surface area contributed by atoms with Crippen LogP contribution >= 0.6 is 22.7 Å². The first-order valence-electron chi connectivity index (χ1n) is 7.23. The average molecular weight is 350 g/mol. The van der Waals surface area contributed by atoms with Gasteiger partial charge in [-0.2, -0.15) is 0 Å². The smallest absolute Gasteiger partial charge is 0.159 e. The van der Waals surface area contributed by atoms with Crippen LogP contribution in [0, 0.1) is 18.6 Å². The number of aryl methyl sites for hydroxylation is 1. The number of benzene rings is 1. The van der Waals surface area contributed by atoms with Gasteiger partial charge in [-0.1, -0.05) is 12.1 Å². The van der Waals surface area contributed by atoms with Crippen molar-refractivity contribution in [2.24, 2.45) is 0 Å². The Bertz CT molecular complexity index is 769. The lowest BCUT2D eigenvalue weighted by atomic mass is 10.1. The highest BCUT2D eigenvalue weighted by atomic mass is 32.1. The van der Waals surface area contributed by atoms with Gasteiger partial charge >= 0.3 is 0 Å². The third-order valence-electron chi connectivity index (χ3n) is 3.46. The number of rotatable bonds is 6. The van der Waals surface area contributed by atoms with Crippen molar-refractivity contribution in [1.29, 1.82) is 0 Å². The normalized spacial score (nSPS) is 12.5. The van der Waals surface area contributed by atoms with Crippen LogP contribution in [0.3, 0.4) is 0 Å². The highest BCUT2D eigenvalue weighted by molar-refractivity contribution is 7.10. The molecule has 2 heterocycles. The molecule has 0 saturated heterocycles. The van der Waals surface area contributed by atoms with E-state index in [2.05, 4.69) is 21.7 Å². The van der Waals surface area contributed by atoms with Crippen LogP contribution in [0.1, 0.15) is 27.2 Å². The van der Waals surface area contributed by atoms with E-state index in [1.165, 1.54) is 10.9 Å². The fourth-order valence-corrected chi connectivity index (χ4v) is 3.92. The van der Waals surface area contributed by atoms with Gasteiger partial charge in [-0.05, 0) is 36.1 Å². The molecule has 1 aromatic carbocycles. The predicted molar refractivity (Wildman–Crippen MR) is 90.8 cm³/mol. The lowest BCUT2D eigenvalue weighted by Crippen LogP contribution is -2.22. The molecule has 1 unspecified atom stereocenters. The standard InChI is InChI=1S/C17H16F2N2S2/c1-11-10-23-17(21-11)16(8-13-3-2-6-22-13)20-9-12-4-5-14(18)15(19)7-12/h2-7,10,16,20H,8-9H2,1H3. The molecule has 0 amide bonds. The van der Waals surface area contributed by atoms with Crippen molar-refractivity contribution in [1.82, 2.24) is 10.3 Å². The summed E-state index contributed by atoms with van der Waals surface area (Å²) in [5.41, 5.74) is 1.71. The highest BCUT2D eigenvalue weighted by Gasteiger charge is 2.16. The van der Waals surface area contributed by atoms with E-state index in [0.29, 0.717) is 12.1 Å². The maximum atomic E-state index is 13.3. The molecule has 2 aromatic heterocycles. The Hall–Kier alpha value is -1.63. The number of halogens is 2. The van der Waals surface area contributed by atoms with Crippen LogP contribution in [0.2, 0.25) is 0 Å². The van der Waals surface area contributed by atoms with E-state index in [9.17, 15) is 8.78 Å². The second-order valence-electron chi connectivity index (χ2n) is 5.29. The molecule has 0 saturated carbocycles. The zero-order chi connectivity index (χ0) is 16.2. The summed E-state index contributed by atoms with van der Waals surface area (Å²) in [6.45, 7) is 2.43. The van der Waals surface area contributed by atoms with E-state index in [1.54, 1.807) is 28.7 Å². The van der Waals surface area contributed by atoms with Crippen molar-refractivity contribution in [3.05, 3.63) is 73.9 Å². The maximum Gasteiger partial charge on any atom is 0.159 e. The predicted octanol–water partition coefficient (Wildman–Crippen LogP) is 4.86. The van der Waals surface area contributed by atoms with Crippen LogP contribution < -0.4 is 5.32 Å². The van der Waals surface area contributed by atoms with Crippen LogP contribution in [0.15, 0.2) is 41.1 Å². The molecule has 0 radical (unpaired) electrons. The van der Waals surface area contributed by atoms with Crippen LogP contribution in [0.4, 0.5) is 8.78 Å². The van der Waals surface area contributed by atoms with E-state index in [4.69, 9.17) is 0 Å². The van der Waals surface area contributed by atoms with Crippen molar-refractivity contribution in [2.45, 2.75) is 25.9 Å². The average Bonchev–Trinajstić information content (AvgIpc) is 3.18. The summed E-state index contributed by atoms with van der Waals surface area (Å²) in [6.07, 6.45) is 0.828. The van der Waals surface area contributed by atoms with Crippen LogP contribution in [0.25, 0.3) is 0 Å². The molecule has 0 aliphatic carbocycles. The highest BCUT2D eigenvalue weighted by Crippen LogP contribution is 2.24. The Balaban J connectivity index is 1.74. The van der Waals surface area contributed by atoms with Crippen molar-refractivity contribution in [3.63, 3.8) is 0 Å². The largest absolute Gasteiger partial charge is 0.304 e. The monoisotopic (exact) mass is 350 g/mol. The van der Waals surface area contributed by atoms with E-state index >= 15 is 0 Å². The van der Waals surface area contributed by atoms with Crippen molar-refractivity contribution < 1.29 is 8.78 Å². The van der Waals surface area contributed by atoms with Gasteiger partial charge in [-0.3, -0.25) is 0 Å². The van der Waals surface area contributed by atoms with Gasteiger partial charge in [-0.25, -0.2) is 13.8 Å². The molecule has 23 heavy (non-hydrogen) atoms. The van der Waals surface area contributed by atoms with Crippen molar-refractivity contribution in [2.75, 3.05) is 0 Å². The molecule has 0 spiro atoms. The number of nitrogens with zero attached hydrogens (tertiary/aromatic N) is 1. The van der Waals surface area contributed by atoms with Gasteiger partial charge in [0.05, 0.1) is 6.04 Å². The minimum atomic E-state index is -0.820. The quantitative estimate of drug-likeness (QED) is 0.686. The van der Waals surface area contributed by atoms with Gasteiger partial charge < -0.3 is 5.32 Å². The zero-order valence-electron chi connectivity index (χ0n) is 12.6. The Morgan fingerprint density at radius 3 is 2.70 bits per heavy atom. The Labute approximate surface area is 141 Å². The van der Waals surface area contributed by atoms with Crippen LogP contribution in [-0.2, 0) is 13.0 Å². The fraction of sp³-hybridized carbons (Fsp3) is 0.235. The molecular weight excluding hydrogens is 334 g/mol. The third kappa shape index (κ3) is 4.22. The summed E-state index contributed by atoms with van der Waals surface area (Å²) >= 11 is 3.32. The van der Waals surface area contributed by atoms with Crippen LogP contribution in [0.5, 0.6) is 0 Å². The van der Waals surface area contributed by atoms with Gasteiger partial charge in [0.2, 0.25) is 0 Å². The number of thiophene rings is 1. The fourth-order valence-electron chi connectivity index (χ4n) is 2.30. The van der Waals surface area contributed by atoms with Gasteiger partial charge in [0.15, 0.2) is 11.6 Å². The van der Waals surface area contributed by atoms with Crippen molar-refractivity contribution in [3.8, 4) is 0 Å². The summed E-state index contributed by atoms with van der Waals surface area (Å²) in [5.74, 6) is -1.64. The topological polar surface area (TPSA) is 24.9 Å². The lowest BCUT2D eigenvalue weighted by Gasteiger charge is -2.16.